The van der Waals surface area contributed by atoms with Gasteiger partial charge >= 0.3 is 0 Å². The van der Waals surface area contributed by atoms with Crippen LogP contribution in [0.25, 0.3) is 0 Å². The Kier molecular flexibility index (Phi) is 3.20. The van der Waals surface area contributed by atoms with E-state index in [1.165, 1.54) is 12.3 Å². The number of hydrogen-bond acceptors (Lipinski definition) is 4. The van der Waals surface area contributed by atoms with Gasteiger partial charge in [0.05, 0.1) is 17.2 Å². The fraction of sp³-hybridized carbons (Fsp3) is 0.385. The Bertz CT molecular complexity index is 672. The Balaban J connectivity index is 1.82. The molecule has 1 fully saturated rings. The number of hydrogen-bond donors (Lipinski definition) is 2. The number of carbonyl (C=O) groups is 1. The zero-order valence-corrected chi connectivity index (χ0v) is 11.4. The van der Waals surface area contributed by atoms with E-state index in [0.717, 1.165) is 12.8 Å². The topological polar surface area (TPSA) is 106 Å². The lowest BCUT2D eigenvalue weighted by Gasteiger charge is -2.12. The average Bonchev–Trinajstić information content (AvgIpc) is 2.98. The highest BCUT2D eigenvalue weighted by Crippen LogP contribution is 2.37. The highest BCUT2D eigenvalue weighted by atomic mass is 16.6. The van der Waals surface area contributed by atoms with Gasteiger partial charge in [-0.1, -0.05) is 0 Å². The summed E-state index contributed by atoms with van der Waals surface area (Å²) in [4.78, 5) is 29.8. The van der Waals surface area contributed by atoms with E-state index in [1.54, 1.807) is 23.9 Å². The van der Waals surface area contributed by atoms with E-state index < -0.39 is 4.92 Å². The number of imidazole rings is 1. The molecule has 2 N–H and O–H groups in total. The first-order chi connectivity index (χ1) is 10.1. The van der Waals surface area contributed by atoms with Crippen LogP contribution in [0.3, 0.4) is 0 Å². The number of H-pyrrole nitrogens is 1. The molecule has 2 heterocycles. The van der Waals surface area contributed by atoms with Gasteiger partial charge in [-0.15, -0.1) is 0 Å². The lowest BCUT2D eigenvalue weighted by Crippen LogP contribution is -2.29. The molecule has 1 atom stereocenters. The van der Waals surface area contributed by atoms with Gasteiger partial charge in [-0.05, 0) is 19.8 Å². The van der Waals surface area contributed by atoms with E-state index in [2.05, 4.69) is 15.3 Å². The second-order valence-corrected chi connectivity index (χ2v) is 5.15. The summed E-state index contributed by atoms with van der Waals surface area (Å²) in [5.74, 6) is 0.307. The van der Waals surface area contributed by atoms with Crippen LogP contribution in [-0.4, -0.2) is 25.4 Å². The Morgan fingerprint density at radius 2 is 2.38 bits per heavy atom. The lowest BCUT2D eigenvalue weighted by atomic mass is 10.3. The Morgan fingerprint density at radius 3 is 2.95 bits per heavy atom. The number of nitrogens with one attached hydrogen (secondary N) is 2. The molecule has 110 valence electrons. The van der Waals surface area contributed by atoms with Crippen LogP contribution in [0.4, 0.5) is 5.69 Å². The number of aromatic nitrogens is 3. The predicted molar refractivity (Wildman–Crippen MR) is 73.8 cm³/mol. The summed E-state index contributed by atoms with van der Waals surface area (Å²) < 4.78 is 1.70. The highest BCUT2D eigenvalue weighted by molar-refractivity contribution is 5.93. The van der Waals surface area contributed by atoms with Crippen molar-refractivity contribution in [3.05, 3.63) is 46.3 Å². The molecular weight excluding hydrogens is 274 g/mol. The van der Waals surface area contributed by atoms with Crippen molar-refractivity contribution in [3.63, 3.8) is 0 Å². The maximum Gasteiger partial charge on any atom is 0.287 e. The second kappa shape index (κ2) is 5.04. The van der Waals surface area contributed by atoms with Gasteiger partial charge in [0.15, 0.2) is 0 Å². The van der Waals surface area contributed by atoms with Crippen molar-refractivity contribution >= 4 is 11.6 Å². The maximum atomic E-state index is 12.3. The summed E-state index contributed by atoms with van der Waals surface area (Å²) in [6, 6.07) is 1.22. The molecular formula is C13H15N5O3. The molecule has 0 spiro atoms. The smallest absolute Gasteiger partial charge is 0.287 e. The molecule has 1 aliphatic rings. The van der Waals surface area contributed by atoms with Gasteiger partial charge in [-0.3, -0.25) is 14.9 Å². The summed E-state index contributed by atoms with van der Waals surface area (Å²) in [6.45, 7) is 1.80. The quantitative estimate of drug-likeness (QED) is 0.648. The molecule has 3 rings (SSSR count). The third kappa shape index (κ3) is 2.64. The van der Waals surface area contributed by atoms with Crippen LogP contribution >= 0.6 is 0 Å². The summed E-state index contributed by atoms with van der Waals surface area (Å²) >= 11 is 0. The Labute approximate surface area is 120 Å². The maximum absolute atomic E-state index is 12.3. The van der Waals surface area contributed by atoms with E-state index in [4.69, 9.17) is 0 Å². The third-order valence-corrected chi connectivity index (χ3v) is 3.49. The van der Waals surface area contributed by atoms with Gasteiger partial charge in [-0.25, -0.2) is 4.98 Å². The van der Waals surface area contributed by atoms with Crippen molar-refractivity contribution in [2.45, 2.75) is 31.8 Å². The van der Waals surface area contributed by atoms with Gasteiger partial charge in [0, 0.05) is 24.5 Å². The third-order valence-electron chi connectivity index (χ3n) is 3.49. The van der Waals surface area contributed by atoms with Crippen LogP contribution in [0.15, 0.2) is 24.7 Å². The van der Waals surface area contributed by atoms with Crippen LogP contribution < -0.4 is 5.32 Å². The molecule has 0 radical (unpaired) electrons. The summed E-state index contributed by atoms with van der Waals surface area (Å²) in [7, 11) is 0. The van der Waals surface area contributed by atoms with E-state index in [0.29, 0.717) is 11.5 Å². The van der Waals surface area contributed by atoms with Crippen molar-refractivity contribution in [3.8, 4) is 0 Å². The lowest BCUT2D eigenvalue weighted by molar-refractivity contribution is -0.384. The zero-order chi connectivity index (χ0) is 15.0. The Hall–Kier alpha value is -2.64. The summed E-state index contributed by atoms with van der Waals surface area (Å²) in [5, 5.41) is 13.7. The summed E-state index contributed by atoms with van der Waals surface area (Å²) in [5.41, 5.74) is 0.264. The van der Waals surface area contributed by atoms with Crippen LogP contribution in [0, 0.1) is 10.1 Å². The number of nitrogens with zero attached hydrogens (tertiary/aromatic N) is 3. The minimum atomic E-state index is -0.481. The van der Waals surface area contributed by atoms with Crippen molar-refractivity contribution < 1.29 is 9.72 Å². The minimum Gasteiger partial charge on any atom is -0.347 e. The van der Waals surface area contributed by atoms with Crippen molar-refractivity contribution in [2.75, 3.05) is 0 Å². The molecule has 0 aromatic carbocycles. The molecule has 2 aromatic heterocycles. The SMILES string of the molecule is CC(NC(=O)c1cc([N+](=O)[O-])cn1C1CC1)c1ncc[nH]1. The normalized spacial score (nSPS) is 15.7. The van der Waals surface area contributed by atoms with Crippen LogP contribution in [0.2, 0.25) is 0 Å². The zero-order valence-electron chi connectivity index (χ0n) is 11.4. The molecule has 1 saturated carbocycles. The average molecular weight is 289 g/mol. The van der Waals surface area contributed by atoms with Gasteiger partial charge in [0.2, 0.25) is 0 Å². The number of nitro groups is 1. The van der Waals surface area contributed by atoms with Gasteiger partial charge < -0.3 is 14.9 Å². The second-order valence-electron chi connectivity index (χ2n) is 5.15. The first kappa shape index (κ1) is 13.3. The molecule has 1 aliphatic carbocycles. The monoisotopic (exact) mass is 289 g/mol. The standard InChI is InChI=1S/C13H15N5O3/c1-8(12-14-4-5-15-12)16-13(19)11-6-10(18(20)21)7-17(11)9-2-3-9/h4-9H,2-3H2,1H3,(H,14,15)(H,16,19). The van der Waals surface area contributed by atoms with Crippen LogP contribution in [-0.2, 0) is 0 Å². The molecule has 2 aromatic rings. The van der Waals surface area contributed by atoms with Gasteiger partial charge in [-0.2, -0.15) is 0 Å². The van der Waals surface area contributed by atoms with E-state index in [-0.39, 0.29) is 23.7 Å². The van der Waals surface area contributed by atoms with E-state index in [1.807, 2.05) is 0 Å². The molecule has 0 saturated heterocycles. The van der Waals surface area contributed by atoms with Crippen LogP contribution in [0.1, 0.15) is 48.2 Å². The number of carbonyl (C=O) groups excluding carboxylic acids is 1. The van der Waals surface area contributed by atoms with Gasteiger partial charge in [0.1, 0.15) is 11.5 Å². The molecule has 8 heteroatoms. The molecule has 0 aliphatic heterocycles. The number of rotatable bonds is 5. The van der Waals surface area contributed by atoms with Crippen LogP contribution in [0.5, 0.6) is 0 Å². The van der Waals surface area contributed by atoms with Crippen molar-refractivity contribution in [1.29, 1.82) is 0 Å². The first-order valence-corrected chi connectivity index (χ1v) is 6.72. The van der Waals surface area contributed by atoms with Gasteiger partial charge in [0.25, 0.3) is 11.6 Å². The predicted octanol–water partition coefficient (Wildman–Crippen LogP) is 1.95. The molecule has 1 unspecified atom stereocenters. The number of amides is 1. The largest absolute Gasteiger partial charge is 0.347 e. The fourth-order valence-corrected chi connectivity index (χ4v) is 2.25. The van der Waals surface area contributed by atoms with Crippen molar-refractivity contribution in [1.82, 2.24) is 19.9 Å². The molecule has 8 nitrogen and oxygen atoms in total. The molecule has 0 bridgehead atoms. The molecule has 21 heavy (non-hydrogen) atoms. The Morgan fingerprint density at radius 1 is 1.62 bits per heavy atom. The number of aromatic amines is 1. The van der Waals surface area contributed by atoms with E-state index >= 15 is 0 Å². The van der Waals surface area contributed by atoms with E-state index in [9.17, 15) is 14.9 Å². The minimum absolute atomic E-state index is 0.0577. The highest BCUT2D eigenvalue weighted by Gasteiger charge is 2.30. The first-order valence-electron chi connectivity index (χ1n) is 6.72. The van der Waals surface area contributed by atoms with Crippen molar-refractivity contribution in [2.24, 2.45) is 0 Å². The fourth-order valence-electron chi connectivity index (χ4n) is 2.25. The summed E-state index contributed by atoms with van der Waals surface area (Å²) in [6.07, 6.45) is 6.61. The molecule has 1 amide bonds.